The van der Waals surface area contributed by atoms with Gasteiger partial charge in [-0.05, 0) is 24.3 Å². The standard InChI is InChI=1S/C8H8O2S.ClH/c1-10-8(9)6-2-4-7(11)5-3-6;/h2-5,11H,1H3;1H. The number of thiol groups is 1. The summed E-state index contributed by atoms with van der Waals surface area (Å²) in [6.07, 6.45) is 0. The van der Waals surface area contributed by atoms with Gasteiger partial charge in [-0.15, -0.1) is 25.0 Å². The lowest BCUT2D eigenvalue weighted by molar-refractivity contribution is 0.0600. The molecule has 0 heterocycles. The van der Waals surface area contributed by atoms with E-state index in [1.54, 1.807) is 24.3 Å². The third-order valence-electron chi connectivity index (χ3n) is 1.29. The van der Waals surface area contributed by atoms with Gasteiger partial charge in [0, 0.05) is 4.90 Å². The van der Waals surface area contributed by atoms with Crippen LogP contribution in [0.25, 0.3) is 0 Å². The van der Waals surface area contributed by atoms with E-state index in [2.05, 4.69) is 17.4 Å². The summed E-state index contributed by atoms with van der Waals surface area (Å²) in [6, 6.07) is 6.84. The van der Waals surface area contributed by atoms with Gasteiger partial charge in [-0.25, -0.2) is 4.79 Å². The van der Waals surface area contributed by atoms with Crippen molar-refractivity contribution in [3.63, 3.8) is 0 Å². The molecule has 1 aromatic carbocycles. The van der Waals surface area contributed by atoms with Gasteiger partial charge in [0.15, 0.2) is 0 Å². The smallest absolute Gasteiger partial charge is 0.337 e. The Morgan fingerprint density at radius 1 is 1.33 bits per heavy atom. The summed E-state index contributed by atoms with van der Waals surface area (Å²) in [6.45, 7) is 0. The number of benzene rings is 1. The van der Waals surface area contributed by atoms with Crippen LogP contribution in [-0.4, -0.2) is 13.1 Å². The number of hydrogen-bond acceptors (Lipinski definition) is 3. The van der Waals surface area contributed by atoms with E-state index in [1.807, 2.05) is 0 Å². The number of carbonyl (C=O) groups excluding carboxylic acids is 1. The molecule has 0 saturated heterocycles. The molecule has 0 amide bonds. The highest BCUT2D eigenvalue weighted by atomic mass is 35.5. The van der Waals surface area contributed by atoms with Crippen LogP contribution in [0.3, 0.4) is 0 Å². The fraction of sp³-hybridized carbons (Fsp3) is 0.125. The van der Waals surface area contributed by atoms with Gasteiger partial charge in [0.1, 0.15) is 0 Å². The largest absolute Gasteiger partial charge is 0.465 e. The highest BCUT2D eigenvalue weighted by molar-refractivity contribution is 7.80. The van der Waals surface area contributed by atoms with E-state index in [1.165, 1.54) is 7.11 Å². The Balaban J connectivity index is 0.00000121. The number of hydrogen-bond donors (Lipinski definition) is 1. The molecule has 0 bridgehead atoms. The number of esters is 1. The Labute approximate surface area is 82.7 Å². The minimum Gasteiger partial charge on any atom is -0.465 e. The lowest BCUT2D eigenvalue weighted by Gasteiger charge is -1.97. The second-order valence-electron chi connectivity index (χ2n) is 2.04. The molecule has 2 nitrogen and oxygen atoms in total. The first-order valence-electron chi connectivity index (χ1n) is 3.11. The predicted molar refractivity (Wildman–Crippen MR) is 52.3 cm³/mol. The quantitative estimate of drug-likeness (QED) is 0.561. The van der Waals surface area contributed by atoms with Crippen LogP contribution in [0.4, 0.5) is 0 Å². The van der Waals surface area contributed by atoms with Crippen molar-refractivity contribution in [2.75, 3.05) is 7.11 Å². The molecule has 0 saturated carbocycles. The summed E-state index contributed by atoms with van der Waals surface area (Å²) < 4.78 is 4.51. The van der Waals surface area contributed by atoms with Crippen molar-refractivity contribution >= 4 is 31.0 Å². The maximum atomic E-state index is 10.9. The van der Waals surface area contributed by atoms with Gasteiger partial charge in [-0.2, -0.15) is 0 Å². The maximum absolute atomic E-state index is 10.9. The summed E-state index contributed by atoms with van der Waals surface area (Å²) in [5.74, 6) is -0.321. The number of rotatable bonds is 1. The molecule has 1 rings (SSSR count). The van der Waals surface area contributed by atoms with Gasteiger partial charge in [0.25, 0.3) is 0 Å². The van der Waals surface area contributed by atoms with Crippen molar-refractivity contribution in [1.82, 2.24) is 0 Å². The molecule has 66 valence electrons. The van der Waals surface area contributed by atoms with Gasteiger partial charge in [-0.3, -0.25) is 0 Å². The minimum absolute atomic E-state index is 0. The van der Waals surface area contributed by atoms with Crippen molar-refractivity contribution < 1.29 is 9.53 Å². The van der Waals surface area contributed by atoms with E-state index >= 15 is 0 Å². The van der Waals surface area contributed by atoms with Crippen molar-refractivity contribution in [2.24, 2.45) is 0 Å². The molecule has 12 heavy (non-hydrogen) atoms. The summed E-state index contributed by atoms with van der Waals surface area (Å²) in [7, 11) is 1.36. The predicted octanol–water partition coefficient (Wildman–Crippen LogP) is 2.18. The van der Waals surface area contributed by atoms with Crippen LogP contribution < -0.4 is 0 Å². The van der Waals surface area contributed by atoms with Crippen LogP contribution in [0.2, 0.25) is 0 Å². The number of carbonyl (C=O) groups is 1. The summed E-state index contributed by atoms with van der Waals surface area (Å²) in [4.78, 5) is 11.7. The molecule has 1 aromatic rings. The maximum Gasteiger partial charge on any atom is 0.337 e. The van der Waals surface area contributed by atoms with Crippen LogP contribution in [0.15, 0.2) is 29.2 Å². The fourth-order valence-electron chi connectivity index (χ4n) is 0.715. The Morgan fingerprint density at radius 2 is 1.83 bits per heavy atom. The average molecular weight is 205 g/mol. The average Bonchev–Trinajstić information content (AvgIpc) is 2.05. The van der Waals surface area contributed by atoms with E-state index in [0.29, 0.717) is 5.56 Å². The van der Waals surface area contributed by atoms with Gasteiger partial charge in [0.05, 0.1) is 12.7 Å². The SMILES string of the molecule is COC(=O)c1ccc(S)cc1.Cl. The normalized spacial score (nSPS) is 8.50. The van der Waals surface area contributed by atoms with Crippen molar-refractivity contribution in [3.8, 4) is 0 Å². The molecule has 0 aromatic heterocycles. The van der Waals surface area contributed by atoms with E-state index in [9.17, 15) is 4.79 Å². The van der Waals surface area contributed by atoms with Crippen LogP contribution in [0, 0.1) is 0 Å². The van der Waals surface area contributed by atoms with Crippen LogP contribution in [0.1, 0.15) is 10.4 Å². The molecule has 0 aliphatic rings. The molecule has 0 N–H and O–H groups in total. The molecule has 0 unspecified atom stereocenters. The molecule has 0 atom stereocenters. The molecule has 4 heteroatoms. The third kappa shape index (κ3) is 2.75. The highest BCUT2D eigenvalue weighted by Gasteiger charge is 2.02. The van der Waals surface area contributed by atoms with Gasteiger partial charge >= 0.3 is 5.97 Å². The molecular weight excluding hydrogens is 196 g/mol. The fourth-order valence-corrected chi connectivity index (χ4v) is 0.864. The number of ether oxygens (including phenoxy) is 1. The van der Waals surface area contributed by atoms with Crippen LogP contribution >= 0.6 is 25.0 Å². The first kappa shape index (κ1) is 11.3. The summed E-state index contributed by atoms with van der Waals surface area (Å²) in [5.41, 5.74) is 0.547. The van der Waals surface area contributed by atoms with E-state index < -0.39 is 0 Å². The summed E-state index contributed by atoms with van der Waals surface area (Å²) >= 11 is 4.08. The molecular formula is C8H9ClO2S. The van der Waals surface area contributed by atoms with Gasteiger partial charge < -0.3 is 4.74 Å². The molecule has 0 radical (unpaired) electrons. The topological polar surface area (TPSA) is 26.3 Å². The first-order chi connectivity index (χ1) is 5.24. The van der Waals surface area contributed by atoms with Gasteiger partial charge in [-0.1, -0.05) is 0 Å². The first-order valence-corrected chi connectivity index (χ1v) is 3.56. The zero-order chi connectivity index (χ0) is 8.27. The number of halogens is 1. The zero-order valence-electron chi connectivity index (χ0n) is 6.48. The monoisotopic (exact) mass is 204 g/mol. The van der Waals surface area contributed by atoms with Crippen molar-refractivity contribution in [2.45, 2.75) is 4.90 Å². The molecule has 0 aliphatic heterocycles. The van der Waals surface area contributed by atoms with Crippen molar-refractivity contribution in [1.29, 1.82) is 0 Å². The second kappa shape index (κ2) is 5.06. The lowest BCUT2D eigenvalue weighted by Crippen LogP contribution is -1.99. The molecule has 0 spiro atoms. The highest BCUT2D eigenvalue weighted by Crippen LogP contribution is 2.08. The minimum atomic E-state index is -0.321. The Bertz CT molecular complexity index is 258. The molecule has 0 aliphatic carbocycles. The van der Waals surface area contributed by atoms with Gasteiger partial charge in [0.2, 0.25) is 0 Å². The molecule has 0 fully saturated rings. The van der Waals surface area contributed by atoms with E-state index in [0.717, 1.165) is 4.90 Å². The summed E-state index contributed by atoms with van der Waals surface area (Å²) in [5, 5.41) is 0. The van der Waals surface area contributed by atoms with Crippen LogP contribution in [-0.2, 0) is 4.74 Å². The van der Waals surface area contributed by atoms with Crippen molar-refractivity contribution in [3.05, 3.63) is 29.8 Å². The Morgan fingerprint density at radius 3 is 2.25 bits per heavy atom. The van der Waals surface area contributed by atoms with E-state index in [4.69, 9.17) is 0 Å². The lowest BCUT2D eigenvalue weighted by atomic mass is 10.2. The third-order valence-corrected chi connectivity index (χ3v) is 1.59. The van der Waals surface area contributed by atoms with E-state index in [-0.39, 0.29) is 18.4 Å². The second-order valence-corrected chi connectivity index (χ2v) is 2.55. The number of methoxy groups -OCH3 is 1. The zero-order valence-corrected chi connectivity index (χ0v) is 8.19. The Hall–Kier alpha value is -0.670. The Kier molecular flexibility index (Phi) is 4.78. The van der Waals surface area contributed by atoms with Crippen LogP contribution in [0.5, 0.6) is 0 Å².